The molecule has 0 saturated carbocycles. The monoisotopic (exact) mass is 173 g/mol. The van der Waals surface area contributed by atoms with Crippen molar-refractivity contribution in [3.63, 3.8) is 0 Å². The van der Waals surface area contributed by atoms with Gasteiger partial charge < -0.3 is 5.73 Å². The van der Waals surface area contributed by atoms with Gasteiger partial charge in [0, 0.05) is 14.1 Å². The van der Waals surface area contributed by atoms with Gasteiger partial charge in [0.1, 0.15) is 0 Å². The quantitative estimate of drug-likeness (QED) is 0.650. The Morgan fingerprint density at radius 2 is 1.64 bits per heavy atom. The minimum atomic E-state index is -0.843. The predicted octanol–water partition coefficient (Wildman–Crippen LogP) is 2.70. The van der Waals surface area contributed by atoms with Gasteiger partial charge in [0.15, 0.2) is 0 Å². The summed E-state index contributed by atoms with van der Waals surface area (Å²) in [6.07, 6.45) is 1.18. The van der Waals surface area contributed by atoms with Crippen LogP contribution in [0.1, 0.15) is 20.3 Å². The van der Waals surface area contributed by atoms with E-state index in [2.05, 4.69) is 33.5 Å². The highest BCUT2D eigenvalue weighted by atomic mass is 28.3. The second-order valence-electron chi connectivity index (χ2n) is 5.08. The third kappa shape index (κ3) is 8.08. The van der Waals surface area contributed by atoms with Crippen molar-refractivity contribution in [1.82, 2.24) is 0 Å². The lowest BCUT2D eigenvalue weighted by molar-refractivity contribution is 0.515. The molecule has 0 aliphatic rings. The molecule has 0 spiro atoms. The molecule has 0 aliphatic carbocycles. The van der Waals surface area contributed by atoms with Crippen molar-refractivity contribution in [1.29, 1.82) is 0 Å². The fourth-order valence-corrected chi connectivity index (χ4v) is 4.02. The van der Waals surface area contributed by atoms with E-state index in [1.807, 2.05) is 0 Å². The van der Waals surface area contributed by atoms with Crippen LogP contribution < -0.4 is 5.73 Å². The molecule has 0 aliphatic heterocycles. The van der Waals surface area contributed by atoms with Gasteiger partial charge in [-0.15, -0.1) is 0 Å². The molecule has 11 heavy (non-hydrogen) atoms. The maximum atomic E-state index is 5.73. The van der Waals surface area contributed by atoms with Crippen LogP contribution >= 0.6 is 0 Å². The van der Waals surface area contributed by atoms with Crippen molar-refractivity contribution < 1.29 is 0 Å². The molecule has 0 rings (SSSR count). The Labute approximate surface area is 72.4 Å². The molecule has 0 aromatic carbocycles. The maximum absolute atomic E-state index is 5.73. The molecule has 2 unspecified atom stereocenters. The zero-order chi connectivity index (χ0) is 9.07. The lowest BCUT2D eigenvalue weighted by Gasteiger charge is -2.22. The van der Waals surface area contributed by atoms with Gasteiger partial charge >= 0.3 is 0 Å². The van der Waals surface area contributed by atoms with Crippen LogP contribution in [0.4, 0.5) is 0 Å². The third-order valence-electron chi connectivity index (χ3n) is 1.73. The molecular formula is C9H23NSi. The Morgan fingerprint density at radius 1 is 1.18 bits per heavy atom. The first kappa shape index (κ1) is 11.2. The summed E-state index contributed by atoms with van der Waals surface area (Å²) >= 11 is 0. The summed E-state index contributed by atoms with van der Waals surface area (Å²) < 4.78 is 0. The van der Waals surface area contributed by atoms with Crippen LogP contribution in [0.5, 0.6) is 0 Å². The van der Waals surface area contributed by atoms with Crippen molar-refractivity contribution in [3.05, 3.63) is 0 Å². The van der Waals surface area contributed by atoms with Gasteiger partial charge in [-0.25, -0.2) is 0 Å². The van der Waals surface area contributed by atoms with Crippen molar-refractivity contribution in [3.8, 4) is 0 Å². The van der Waals surface area contributed by atoms with E-state index in [9.17, 15) is 0 Å². The Bertz CT molecular complexity index is 105. The van der Waals surface area contributed by atoms with Crippen molar-refractivity contribution in [2.45, 2.75) is 52.0 Å². The van der Waals surface area contributed by atoms with Gasteiger partial charge in [0.05, 0.1) is 0 Å². The summed E-state index contributed by atoms with van der Waals surface area (Å²) in [6, 6.07) is 1.79. The summed E-state index contributed by atoms with van der Waals surface area (Å²) in [5.74, 6) is 0.821. The summed E-state index contributed by atoms with van der Waals surface area (Å²) in [4.78, 5) is 0. The molecule has 0 amide bonds. The first-order chi connectivity index (χ1) is 4.81. The highest BCUT2D eigenvalue weighted by Crippen LogP contribution is 2.19. The van der Waals surface area contributed by atoms with Gasteiger partial charge in [-0.1, -0.05) is 32.6 Å². The molecule has 0 radical (unpaired) electrons. The predicted molar refractivity (Wildman–Crippen MR) is 55.6 cm³/mol. The van der Waals surface area contributed by atoms with Crippen LogP contribution in [0.3, 0.4) is 0 Å². The van der Waals surface area contributed by atoms with E-state index in [1.165, 1.54) is 12.5 Å². The van der Waals surface area contributed by atoms with Gasteiger partial charge in [-0.05, 0) is 19.3 Å². The van der Waals surface area contributed by atoms with E-state index >= 15 is 0 Å². The Morgan fingerprint density at radius 3 is 1.91 bits per heavy atom. The second-order valence-corrected chi connectivity index (χ2v) is 10.6. The normalized spacial score (nSPS) is 18.0. The SMILES string of the molecule is CC(N)CC(C)C[Si](C)(C)C. The fourth-order valence-electron chi connectivity index (χ4n) is 1.76. The topological polar surface area (TPSA) is 26.0 Å². The van der Waals surface area contributed by atoms with E-state index in [1.54, 1.807) is 0 Å². The van der Waals surface area contributed by atoms with Crippen LogP contribution in [0, 0.1) is 5.92 Å². The van der Waals surface area contributed by atoms with Crippen molar-refractivity contribution in [2.75, 3.05) is 0 Å². The highest BCUT2D eigenvalue weighted by molar-refractivity contribution is 6.76. The minimum Gasteiger partial charge on any atom is -0.328 e. The lowest BCUT2D eigenvalue weighted by Crippen LogP contribution is -2.26. The molecular weight excluding hydrogens is 150 g/mol. The molecule has 0 bridgehead atoms. The molecule has 0 saturated heterocycles. The number of rotatable bonds is 4. The number of hydrogen-bond donors (Lipinski definition) is 1. The number of hydrogen-bond acceptors (Lipinski definition) is 1. The molecule has 68 valence electrons. The second kappa shape index (κ2) is 4.26. The molecule has 2 atom stereocenters. The molecule has 1 nitrogen and oxygen atoms in total. The average molecular weight is 173 g/mol. The van der Waals surface area contributed by atoms with Gasteiger partial charge in [0.2, 0.25) is 0 Å². The van der Waals surface area contributed by atoms with E-state index in [-0.39, 0.29) is 0 Å². The zero-order valence-corrected chi connectivity index (χ0v) is 9.65. The summed E-state index contributed by atoms with van der Waals surface area (Å²) in [5.41, 5.74) is 5.73. The van der Waals surface area contributed by atoms with Crippen LogP contribution in [-0.2, 0) is 0 Å². The van der Waals surface area contributed by atoms with Gasteiger partial charge in [-0.2, -0.15) is 0 Å². The van der Waals surface area contributed by atoms with Crippen LogP contribution in [0.2, 0.25) is 25.7 Å². The smallest absolute Gasteiger partial charge is 0.0445 e. The summed E-state index contributed by atoms with van der Waals surface area (Å²) in [7, 11) is -0.843. The van der Waals surface area contributed by atoms with E-state index in [0.717, 1.165) is 5.92 Å². The van der Waals surface area contributed by atoms with Crippen LogP contribution in [0.25, 0.3) is 0 Å². The van der Waals surface area contributed by atoms with E-state index < -0.39 is 8.07 Å². The summed E-state index contributed by atoms with van der Waals surface area (Å²) in [5, 5.41) is 0. The largest absolute Gasteiger partial charge is 0.328 e. The standard InChI is InChI=1S/C9H23NSi/c1-8(6-9(2)10)7-11(3,4)5/h8-9H,6-7,10H2,1-5H3. The molecule has 2 N–H and O–H groups in total. The first-order valence-electron chi connectivity index (χ1n) is 4.57. The van der Waals surface area contributed by atoms with Crippen molar-refractivity contribution >= 4 is 8.07 Å². The molecule has 0 heterocycles. The van der Waals surface area contributed by atoms with E-state index in [0.29, 0.717) is 6.04 Å². The highest BCUT2D eigenvalue weighted by Gasteiger charge is 2.17. The Kier molecular flexibility index (Phi) is 4.33. The van der Waals surface area contributed by atoms with Crippen molar-refractivity contribution in [2.24, 2.45) is 11.7 Å². The molecule has 0 aromatic heterocycles. The Hall–Kier alpha value is 0.177. The van der Waals surface area contributed by atoms with Crippen LogP contribution in [0.15, 0.2) is 0 Å². The zero-order valence-electron chi connectivity index (χ0n) is 8.65. The average Bonchev–Trinajstić information content (AvgIpc) is 1.53. The fraction of sp³-hybridized carbons (Fsp3) is 1.00. The maximum Gasteiger partial charge on any atom is 0.0445 e. The van der Waals surface area contributed by atoms with Gasteiger partial charge in [-0.3, -0.25) is 0 Å². The Balaban J connectivity index is 3.61. The number of nitrogens with two attached hydrogens (primary N) is 1. The summed E-state index contributed by atoms with van der Waals surface area (Å²) in [6.45, 7) is 11.7. The lowest BCUT2D eigenvalue weighted by atomic mass is 10.1. The minimum absolute atomic E-state index is 0.376. The molecule has 2 heteroatoms. The molecule has 0 aromatic rings. The third-order valence-corrected chi connectivity index (χ3v) is 3.66. The van der Waals surface area contributed by atoms with Gasteiger partial charge in [0.25, 0.3) is 0 Å². The first-order valence-corrected chi connectivity index (χ1v) is 8.27. The van der Waals surface area contributed by atoms with E-state index in [4.69, 9.17) is 5.73 Å². The molecule has 0 fully saturated rings. The van der Waals surface area contributed by atoms with Crippen LogP contribution in [-0.4, -0.2) is 14.1 Å².